The summed E-state index contributed by atoms with van der Waals surface area (Å²) in [4.78, 5) is 17.5. The molecule has 1 aliphatic rings. The van der Waals surface area contributed by atoms with Crippen molar-refractivity contribution in [3.8, 4) is 17.2 Å². The number of nitrogens with one attached hydrogen (secondary N) is 1. The van der Waals surface area contributed by atoms with Crippen LogP contribution in [0.25, 0.3) is 5.69 Å². The van der Waals surface area contributed by atoms with E-state index in [0.29, 0.717) is 6.42 Å². The molecule has 4 rings (SSSR count). The highest BCUT2D eigenvalue weighted by molar-refractivity contribution is 5.92. The lowest BCUT2D eigenvalue weighted by molar-refractivity contribution is -0.116. The predicted molar refractivity (Wildman–Crippen MR) is 138 cm³/mol. The number of carbonyl (C=O) groups excluding carboxylic acids is 1. The molecule has 2 heterocycles. The second-order valence-electron chi connectivity index (χ2n) is 8.89. The molecular weight excluding hydrogens is 442 g/mol. The van der Waals surface area contributed by atoms with Crippen molar-refractivity contribution in [2.45, 2.75) is 26.8 Å². The highest BCUT2D eigenvalue weighted by Crippen LogP contribution is 2.26. The van der Waals surface area contributed by atoms with Crippen LogP contribution >= 0.6 is 0 Å². The molecule has 1 amide bonds. The van der Waals surface area contributed by atoms with Gasteiger partial charge in [0.2, 0.25) is 5.91 Å². The maximum Gasteiger partial charge on any atom is 0.225 e. The van der Waals surface area contributed by atoms with Gasteiger partial charge in [-0.1, -0.05) is 18.2 Å². The van der Waals surface area contributed by atoms with Gasteiger partial charge in [-0.3, -0.25) is 9.69 Å². The van der Waals surface area contributed by atoms with Gasteiger partial charge in [-0.2, -0.15) is 5.10 Å². The number of benzene rings is 2. The van der Waals surface area contributed by atoms with Crippen LogP contribution in [-0.2, 0) is 11.3 Å². The molecule has 0 atom stereocenters. The zero-order chi connectivity index (χ0) is 24.8. The fourth-order valence-electron chi connectivity index (χ4n) is 4.52. The molecule has 0 aliphatic carbocycles. The Balaban J connectivity index is 1.26. The first kappa shape index (κ1) is 24.8. The van der Waals surface area contributed by atoms with Gasteiger partial charge in [0.25, 0.3) is 0 Å². The number of hydrogen-bond acceptors (Lipinski definition) is 6. The van der Waals surface area contributed by atoms with Crippen molar-refractivity contribution >= 4 is 11.6 Å². The number of amides is 1. The number of methoxy groups -OCH3 is 2. The number of hydrogen-bond donors (Lipinski definition) is 1. The van der Waals surface area contributed by atoms with E-state index >= 15 is 0 Å². The number of para-hydroxylation sites is 1. The topological polar surface area (TPSA) is 71.9 Å². The minimum atomic E-state index is 0.0207. The molecule has 0 saturated carbocycles. The van der Waals surface area contributed by atoms with E-state index < -0.39 is 0 Å². The summed E-state index contributed by atoms with van der Waals surface area (Å²) in [6.07, 6.45) is 0.457. The minimum Gasteiger partial charge on any atom is -0.497 e. The van der Waals surface area contributed by atoms with Gasteiger partial charge in [0.1, 0.15) is 11.5 Å². The lowest BCUT2D eigenvalue weighted by Gasteiger charge is -2.34. The van der Waals surface area contributed by atoms with Crippen LogP contribution in [0.2, 0.25) is 0 Å². The number of nitrogens with zero attached hydrogens (tertiary/aromatic N) is 4. The van der Waals surface area contributed by atoms with Crippen molar-refractivity contribution < 1.29 is 14.3 Å². The third-order valence-corrected chi connectivity index (χ3v) is 6.56. The smallest absolute Gasteiger partial charge is 0.225 e. The standard InChI is InChI=1S/C27H35N5O3/c1-20-27(21(2)32(29-20)23-8-6-5-7-9-23)28-26(33)12-13-30-14-16-31(17-15-30)19-22-18-24(34-3)10-11-25(22)35-4/h5-11,18H,12-17,19H2,1-4H3,(H,28,33). The molecule has 0 unspecified atom stereocenters. The molecule has 186 valence electrons. The Morgan fingerprint density at radius 3 is 2.37 bits per heavy atom. The summed E-state index contributed by atoms with van der Waals surface area (Å²) in [5.74, 6) is 1.74. The van der Waals surface area contributed by atoms with Crippen LogP contribution in [0, 0.1) is 13.8 Å². The highest BCUT2D eigenvalue weighted by atomic mass is 16.5. The first-order chi connectivity index (χ1) is 17.0. The largest absolute Gasteiger partial charge is 0.497 e. The summed E-state index contributed by atoms with van der Waals surface area (Å²) in [6.45, 7) is 9.24. The molecule has 1 aromatic heterocycles. The van der Waals surface area contributed by atoms with Crippen molar-refractivity contribution in [3.63, 3.8) is 0 Å². The number of ether oxygens (including phenoxy) is 2. The predicted octanol–water partition coefficient (Wildman–Crippen LogP) is 3.65. The Labute approximate surface area is 207 Å². The van der Waals surface area contributed by atoms with Gasteiger partial charge in [0, 0.05) is 51.3 Å². The third-order valence-electron chi connectivity index (χ3n) is 6.56. The van der Waals surface area contributed by atoms with E-state index in [-0.39, 0.29) is 5.91 Å². The summed E-state index contributed by atoms with van der Waals surface area (Å²) in [6, 6.07) is 15.9. The van der Waals surface area contributed by atoms with E-state index in [1.807, 2.05) is 67.1 Å². The molecular formula is C27H35N5O3. The van der Waals surface area contributed by atoms with Gasteiger partial charge < -0.3 is 19.7 Å². The van der Waals surface area contributed by atoms with Gasteiger partial charge in [-0.15, -0.1) is 0 Å². The first-order valence-electron chi connectivity index (χ1n) is 12.1. The van der Waals surface area contributed by atoms with Crippen LogP contribution in [0.1, 0.15) is 23.4 Å². The second-order valence-corrected chi connectivity index (χ2v) is 8.89. The molecule has 35 heavy (non-hydrogen) atoms. The summed E-state index contributed by atoms with van der Waals surface area (Å²) in [7, 11) is 3.38. The van der Waals surface area contributed by atoms with Gasteiger partial charge in [-0.25, -0.2) is 4.68 Å². The Hall–Kier alpha value is -3.36. The van der Waals surface area contributed by atoms with Crippen LogP contribution < -0.4 is 14.8 Å². The molecule has 1 aliphatic heterocycles. The zero-order valence-corrected chi connectivity index (χ0v) is 21.1. The van der Waals surface area contributed by atoms with Crippen LogP contribution in [-0.4, -0.2) is 72.4 Å². The molecule has 1 N–H and O–H groups in total. The van der Waals surface area contributed by atoms with Crippen molar-refractivity contribution in [2.24, 2.45) is 0 Å². The average Bonchev–Trinajstić information content (AvgIpc) is 3.17. The summed E-state index contributed by atoms with van der Waals surface area (Å²) in [5.41, 5.74) is 4.67. The SMILES string of the molecule is COc1ccc(OC)c(CN2CCN(CCC(=O)Nc3c(C)nn(-c4ccccc4)c3C)CC2)c1. The second kappa shape index (κ2) is 11.4. The van der Waals surface area contributed by atoms with Crippen molar-refractivity contribution in [3.05, 3.63) is 65.5 Å². The van der Waals surface area contributed by atoms with Crippen molar-refractivity contribution in [1.29, 1.82) is 0 Å². The quantitative estimate of drug-likeness (QED) is 0.507. The Morgan fingerprint density at radius 1 is 0.971 bits per heavy atom. The van der Waals surface area contributed by atoms with E-state index in [9.17, 15) is 4.79 Å². The number of rotatable bonds is 9. The van der Waals surface area contributed by atoms with E-state index in [1.54, 1.807) is 14.2 Å². The fraction of sp³-hybridized carbons (Fsp3) is 0.407. The maximum atomic E-state index is 12.7. The molecule has 1 fully saturated rings. The van der Waals surface area contributed by atoms with Crippen LogP contribution in [0.3, 0.4) is 0 Å². The highest BCUT2D eigenvalue weighted by Gasteiger charge is 2.20. The molecule has 0 bridgehead atoms. The van der Waals surface area contributed by atoms with Gasteiger partial charge in [0.05, 0.1) is 37.0 Å². The Bertz CT molecular complexity index is 1140. The number of piperazine rings is 1. The summed E-state index contributed by atoms with van der Waals surface area (Å²) < 4.78 is 12.8. The Morgan fingerprint density at radius 2 is 1.69 bits per heavy atom. The third kappa shape index (κ3) is 6.01. The molecule has 1 saturated heterocycles. The average molecular weight is 478 g/mol. The molecule has 8 nitrogen and oxygen atoms in total. The number of anilines is 1. The number of carbonyl (C=O) groups is 1. The molecule has 8 heteroatoms. The van der Waals surface area contributed by atoms with Crippen LogP contribution in [0.15, 0.2) is 48.5 Å². The molecule has 3 aromatic rings. The van der Waals surface area contributed by atoms with Crippen molar-refractivity contribution in [1.82, 2.24) is 19.6 Å². The molecule has 0 radical (unpaired) electrons. The van der Waals surface area contributed by atoms with Crippen LogP contribution in [0.4, 0.5) is 5.69 Å². The molecule has 0 spiro atoms. The monoisotopic (exact) mass is 477 g/mol. The van der Waals surface area contributed by atoms with E-state index in [0.717, 1.165) is 79.1 Å². The minimum absolute atomic E-state index is 0.0207. The maximum absolute atomic E-state index is 12.7. The van der Waals surface area contributed by atoms with Crippen LogP contribution in [0.5, 0.6) is 11.5 Å². The first-order valence-corrected chi connectivity index (χ1v) is 12.1. The fourth-order valence-corrected chi connectivity index (χ4v) is 4.52. The molecule has 2 aromatic carbocycles. The van der Waals surface area contributed by atoms with E-state index in [1.165, 1.54) is 0 Å². The lowest BCUT2D eigenvalue weighted by atomic mass is 10.1. The normalized spacial score (nSPS) is 14.6. The number of aromatic nitrogens is 2. The van der Waals surface area contributed by atoms with E-state index in [4.69, 9.17) is 9.47 Å². The van der Waals surface area contributed by atoms with Gasteiger partial charge in [0.15, 0.2) is 0 Å². The number of aryl methyl sites for hydroxylation is 1. The zero-order valence-electron chi connectivity index (χ0n) is 21.1. The lowest BCUT2D eigenvalue weighted by Crippen LogP contribution is -2.46. The van der Waals surface area contributed by atoms with Crippen molar-refractivity contribution in [2.75, 3.05) is 52.3 Å². The van der Waals surface area contributed by atoms with Gasteiger partial charge in [-0.05, 0) is 44.2 Å². The Kier molecular flexibility index (Phi) is 8.05. The summed E-state index contributed by atoms with van der Waals surface area (Å²) in [5, 5.41) is 7.71. The summed E-state index contributed by atoms with van der Waals surface area (Å²) >= 11 is 0. The van der Waals surface area contributed by atoms with E-state index in [2.05, 4.69) is 20.2 Å². The van der Waals surface area contributed by atoms with Gasteiger partial charge >= 0.3 is 0 Å².